The van der Waals surface area contributed by atoms with Crippen molar-refractivity contribution in [2.24, 2.45) is 4.99 Å². The number of fused-ring (bicyclic) bond motifs is 1. The van der Waals surface area contributed by atoms with Crippen LogP contribution in [0.1, 0.15) is 43.2 Å². The highest BCUT2D eigenvalue weighted by Gasteiger charge is 2.21. The summed E-state index contributed by atoms with van der Waals surface area (Å²) in [6.07, 6.45) is 8.29. The fourth-order valence-electron chi connectivity index (χ4n) is 4.78. The Labute approximate surface area is 171 Å². The number of H-pyrrole nitrogens is 1. The molecular formula is C25H27N3O. The van der Waals surface area contributed by atoms with Crippen molar-refractivity contribution in [3.05, 3.63) is 64.7 Å². The molecule has 0 unspecified atom stereocenters. The zero-order chi connectivity index (χ0) is 19.8. The minimum atomic E-state index is 0.166. The molecule has 2 aromatic carbocycles. The molecule has 0 bridgehead atoms. The van der Waals surface area contributed by atoms with Gasteiger partial charge in [0.1, 0.15) is 0 Å². The van der Waals surface area contributed by atoms with E-state index in [1.807, 2.05) is 25.1 Å². The van der Waals surface area contributed by atoms with Crippen molar-refractivity contribution in [3.8, 4) is 5.88 Å². The molecule has 2 N–H and O–H groups in total. The van der Waals surface area contributed by atoms with E-state index < -0.39 is 0 Å². The first-order valence-electron chi connectivity index (χ1n) is 10.6. The normalized spacial score (nSPS) is 17.3. The number of aromatic nitrogens is 1. The Morgan fingerprint density at radius 1 is 1.00 bits per heavy atom. The number of aliphatic imine (C=N–C) groups is 1. The lowest BCUT2D eigenvalue weighted by molar-refractivity contribution is 0.457. The Morgan fingerprint density at radius 3 is 2.62 bits per heavy atom. The maximum absolute atomic E-state index is 10.3. The van der Waals surface area contributed by atoms with Gasteiger partial charge in [0.05, 0.1) is 11.3 Å². The summed E-state index contributed by atoms with van der Waals surface area (Å²) in [6.45, 7) is 4.25. The van der Waals surface area contributed by atoms with Crippen LogP contribution in [0.25, 0.3) is 10.9 Å². The quantitative estimate of drug-likeness (QED) is 0.428. The molecule has 0 fully saturated rings. The van der Waals surface area contributed by atoms with Gasteiger partial charge < -0.3 is 15.0 Å². The van der Waals surface area contributed by atoms with Crippen molar-refractivity contribution in [1.82, 2.24) is 4.98 Å². The molecule has 0 saturated heterocycles. The number of rotatable bonds is 3. The number of benzene rings is 2. The summed E-state index contributed by atoms with van der Waals surface area (Å²) in [6, 6.07) is 14.5. The molecule has 0 atom stereocenters. The van der Waals surface area contributed by atoms with Crippen molar-refractivity contribution in [3.63, 3.8) is 0 Å². The molecule has 2 aliphatic rings. The molecule has 148 valence electrons. The van der Waals surface area contributed by atoms with E-state index in [9.17, 15) is 5.11 Å². The number of hydrogen-bond acceptors (Lipinski definition) is 3. The maximum Gasteiger partial charge on any atom is 0.198 e. The molecule has 0 spiro atoms. The van der Waals surface area contributed by atoms with Crippen LogP contribution in [0, 0.1) is 6.92 Å². The molecule has 0 amide bonds. The van der Waals surface area contributed by atoms with Gasteiger partial charge in [-0.2, -0.15) is 0 Å². The second kappa shape index (κ2) is 7.43. The Balaban J connectivity index is 1.35. The van der Waals surface area contributed by atoms with Gasteiger partial charge in [0.2, 0.25) is 0 Å². The van der Waals surface area contributed by atoms with Crippen molar-refractivity contribution in [1.29, 1.82) is 0 Å². The molecule has 3 aromatic rings. The molecule has 1 aromatic heterocycles. The van der Waals surface area contributed by atoms with Crippen LogP contribution in [0.5, 0.6) is 5.88 Å². The molecule has 2 heterocycles. The van der Waals surface area contributed by atoms with Crippen molar-refractivity contribution in [2.45, 2.75) is 39.0 Å². The number of aromatic amines is 1. The first-order chi connectivity index (χ1) is 14.2. The number of anilines is 1. The van der Waals surface area contributed by atoms with Gasteiger partial charge in [0, 0.05) is 35.9 Å². The number of nitrogens with one attached hydrogen (secondary N) is 1. The second-order valence-corrected chi connectivity index (χ2v) is 8.25. The van der Waals surface area contributed by atoms with Crippen LogP contribution in [-0.2, 0) is 0 Å². The average Bonchev–Trinajstić information content (AvgIpc) is 3.08. The summed E-state index contributed by atoms with van der Waals surface area (Å²) in [5, 5.41) is 11.3. The van der Waals surface area contributed by atoms with E-state index in [-0.39, 0.29) is 5.88 Å². The second-order valence-electron chi connectivity index (χ2n) is 8.25. The third-order valence-electron chi connectivity index (χ3n) is 6.38. The third-order valence-corrected chi connectivity index (χ3v) is 6.38. The lowest BCUT2D eigenvalue weighted by atomic mass is 9.87. The van der Waals surface area contributed by atoms with Crippen LogP contribution < -0.4 is 4.90 Å². The van der Waals surface area contributed by atoms with Gasteiger partial charge in [0.15, 0.2) is 5.88 Å². The predicted molar refractivity (Wildman–Crippen MR) is 121 cm³/mol. The van der Waals surface area contributed by atoms with E-state index >= 15 is 0 Å². The summed E-state index contributed by atoms with van der Waals surface area (Å²) >= 11 is 0. The highest BCUT2D eigenvalue weighted by Crippen LogP contribution is 2.33. The number of hydrogen-bond donors (Lipinski definition) is 2. The summed E-state index contributed by atoms with van der Waals surface area (Å²) in [5.41, 5.74) is 8.36. The smallest absolute Gasteiger partial charge is 0.198 e. The fourth-order valence-corrected chi connectivity index (χ4v) is 4.78. The van der Waals surface area contributed by atoms with E-state index in [0.29, 0.717) is 0 Å². The molecule has 1 aliphatic heterocycles. The monoisotopic (exact) mass is 385 g/mol. The van der Waals surface area contributed by atoms with Gasteiger partial charge in [-0.1, -0.05) is 23.3 Å². The highest BCUT2D eigenvalue weighted by atomic mass is 16.3. The zero-order valence-electron chi connectivity index (χ0n) is 16.9. The summed E-state index contributed by atoms with van der Waals surface area (Å²) in [4.78, 5) is 10.1. The van der Waals surface area contributed by atoms with Crippen molar-refractivity contribution < 1.29 is 5.11 Å². The molecule has 29 heavy (non-hydrogen) atoms. The maximum atomic E-state index is 10.3. The molecule has 5 rings (SSSR count). The van der Waals surface area contributed by atoms with E-state index in [0.717, 1.165) is 40.8 Å². The van der Waals surface area contributed by atoms with E-state index in [2.05, 4.69) is 39.1 Å². The van der Waals surface area contributed by atoms with Crippen LogP contribution in [0.3, 0.4) is 0 Å². The van der Waals surface area contributed by atoms with Crippen LogP contribution >= 0.6 is 0 Å². The predicted octanol–water partition coefficient (Wildman–Crippen LogP) is 6.01. The molecular weight excluding hydrogens is 358 g/mol. The SMILES string of the molecule is Cc1cccc2[nH]c(O)c(C=Nc3ccc(N4CCC5=C(CCCC5)C4)cc3)c12. The number of nitrogens with zero attached hydrogens (tertiary/aromatic N) is 2. The summed E-state index contributed by atoms with van der Waals surface area (Å²) < 4.78 is 0. The van der Waals surface area contributed by atoms with Gasteiger partial charge in [-0.05, 0) is 74.9 Å². The molecule has 0 radical (unpaired) electrons. The lowest BCUT2D eigenvalue weighted by Crippen LogP contribution is -2.32. The minimum absolute atomic E-state index is 0.166. The van der Waals surface area contributed by atoms with E-state index in [1.54, 1.807) is 17.4 Å². The highest BCUT2D eigenvalue weighted by molar-refractivity contribution is 6.04. The topological polar surface area (TPSA) is 51.6 Å². The van der Waals surface area contributed by atoms with Crippen molar-refractivity contribution in [2.75, 3.05) is 18.0 Å². The molecule has 4 nitrogen and oxygen atoms in total. The zero-order valence-corrected chi connectivity index (χ0v) is 16.9. The van der Waals surface area contributed by atoms with E-state index in [1.165, 1.54) is 37.8 Å². The van der Waals surface area contributed by atoms with Gasteiger partial charge in [-0.3, -0.25) is 4.99 Å². The Morgan fingerprint density at radius 2 is 1.79 bits per heavy atom. The average molecular weight is 386 g/mol. The largest absolute Gasteiger partial charge is 0.494 e. The van der Waals surface area contributed by atoms with E-state index in [4.69, 9.17) is 0 Å². The van der Waals surface area contributed by atoms with Crippen LogP contribution in [-0.4, -0.2) is 29.4 Å². The molecule has 0 saturated carbocycles. The van der Waals surface area contributed by atoms with Gasteiger partial charge in [-0.15, -0.1) is 0 Å². The molecule has 1 aliphatic carbocycles. The molecule has 4 heteroatoms. The first kappa shape index (κ1) is 18.0. The lowest BCUT2D eigenvalue weighted by Gasteiger charge is -2.34. The minimum Gasteiger partial charge on any atom is -0.494 e. The number of aromatic hydroxyl groups is 1. The van der Waals surface area contributed by atoms with Crippen LogP contribution in [0.2, 0.25) is 0 Å². The van der Waals surface area contributed by atoms with Gasteiger partial charge >= 0.3 is 0 Å². The van der Waals surface area contributed by atoms with Crippen LogP contribution in [0.4, 0.5) is 11.4 Å². The fraction of sp³-hybridized carbons (Fsp3) is 0.320. The van der Waals surface area contributed by atoms with Gasteiger partial charge in [0.25, 0.3) is 0 Å². The van der Waals surface area contributed by atoms with Crippen molar-refractivity contribution >= 4 is 28.5 Å². The van der Waals surface area contributed by atoms with Gasteiger partial charge in [-0.25, -0.2) is 0 Å². The number of aryl methyl sites for hydroxylation is 1. The summed E-state index contributed by atoms with van der Waals surface area (Å²) in [7, 11) is 0. The Bertz CT molecular complexity index is 1110. The Hall–Kier alpha value is -3.01. The first-order valence-corrected chi connectivity index (χ1v) is 10.6. The Kier molecular flexibility index (Phi) is 4.62. The standard InChI is InChI=1S/C25H27N3O/c1-17-5-4-8-23-24(17)22(25(29)27-23)15-26-20-9-11-21(12-10-20)28-14-13-18-6-2-3-7-19(18)16-28/h4-5,8-12,15,27,29H,2-3,6-7,13-14,16H2,1H3. The third kappa shape index (κ3) is 3.44. The van der Waals surface area contributed by atoms with Crippen LogP contribution in [0.15, 0.2) is 58.6 Å². The summed E-state index contributed by atoms with van der Waals surface area (Å²) in [5.74, 6) is 0.166.